The minimum atomic E-state index is -0.689. The zero-order chi connectivity index (χ0) is 42.0. The zero-order valence-electron chi connectivity index (χ0n) is 34.8. The molecule has 3 aromatic carbocycles. The summed E-state index contributed by atoms with van der Waals surface area (Å²) in [5, 5.41) is 7.61. The van der Waals surface area contributed by atoms with Crippen molar-refractivity contribution < 1.29 is 28.7 Å². The van der Waals surface area contributed by atoms with Crippen molar-refractivity contribution in [2.24, 2.45) is 11.8 Å². The Morgan fingerprint density at radius 1 is 0.661 bits per heavy atom. The average Bonchev–Trinajstić information content (AvgIpc) is 4.07. The molecule has 2 fully saturated rings. The Bertz CT molecular complexity index is 2350. The monoisotopic (exact) mass is 802 g/mol. The number of rotatable bonds is 11. The van der Waals surface area contributed by atoms with E-state index in [2.05, 4.69) is 82.1 Å². The molecule has 4 amide bonds. The molecule has 0 radical (unpaired) electrons. The number of nitrogens with one attached hydrogen (secondary N) is 4. The second-order valence-corrected chi connectivity index (χ2v) is 16.3. The van der Waals surface area contributed by atoms with Gasteiger partial charge in [0.05, 0.1) is 50.1 Å². The lowest BCUT2D eigenvalue weighted by atomic mass is 9.95. The first-order valence-corrected chi connectivity index (χ1v) is 20.4. The molecule has 7 rings (SSSR count). The number of fused-ring (bicyclic) bond motifs is 1. The lowest BCUT2D eigenvalue weighted by molar-refractivity contribution is -0.136. The number of hydrogen-bond donors (Lipinski definition) is 4. The first-order chi connectivity index (χ1) is 28.4. The van der Waals surface area contributed by atoms with Crippen LogP contribution in [0.2, 0.25) is 0 Å². The van der Waals surface area contributed by atoms with E-state index < -0.39 is 24.3 Å². The molecule has 0 aliphatic carbocycles. The van der Waals surface area contributed by atoms with Crippen molar-refractivity contribution >= 4 is 34.8 Å². The number of alkyl carbamates (subject to hydrolysis) is 2. The van der Waals surface area contributed by atoms with Crippen molar-refractivity contribution in [2.75, 3.05) is 27.3 Å². The van der Waals surface area contributed by atoms with Crippen LogP contribution in [0.15, 0.2) is 67.0 Å². The topological polar surface area (TPSA) is 175 Å². The maximum Gasteiger partial charge on any atom is 0.407 e. The second-order valence-electron chi connectivity index (χ2n) is 16.3. The van der Waals surface area contributed by atoms with Gasteiger partial charge in [0.2, 0.25) is 11.8 Å². The molecule has 14 heteroatoms. The first kappa shape index (κ1) is 41.0. The van der Waals surface area contributed by atoms with Gasteiger partial charge in [-0.05, 0) is 95.7 Å². The summed E-state index contributed by atoms with van der Waals surface area (Å²) < 4.78 is 9.54. The number of H-pyrrole nitrogens is 2. The number of carbonyl (C=O) groups is 4. The number of hydrogen-bond acceptors (Lipinski definition) is 8. The molecule has 2 aliphatic rings. The van der Waals surface area contributed by atoms with Gasteiger partial charge in [-0.1, -0.05) is 64.1 Å². The van der Waals surface area contributed by atoms with Crippen LogP contribution in [0, 0.1) is 18.8 Å². The van der Waals surface area contributed by atoms with Gasteiger partial charge in [0, 0.05) is 18.7 Å². The van der Waals surface area contributed by atoms with E-state index in [0.29, 0.717) is 13.1 Å². The molecule has 4 unspecified atom stereocenters. The fourth-order valence-electron chi connectivity index (χ4n) is 8.43. The van der Waals surface area contributed by atoms with E-state index in [1.54, 1.807) is 0 Å². The lowest BCUT2D eigenvalue weighted by Gasteiger charge is -2.30. The van der Waals surface area contributed by atoms with Crippen LogP contribution in [-0.2, 0) is 19.1 Å². The molecule has 59 heavy (non-hydrogen) atoms. The summed E-state index contributed by atoms with van der Waals surface area (Å²) >= 11 is 0. The van der Waals surface area contributed by atoms with Gasteiger partial charge >= 0.3 is 12.2 Å². The fraction of sp³-hybridized carbons (Fsp3) is 0.422. The number of amides is 4. The third-order valence-corrected chi connectivity index (χ3v) is 11.7. The van der Waals surface area contributed by atoms with Crippen LogP contribution in [-0.4, -0.2) is 93.1 Å². The SMILES string of the molecule is COC(=O)NC(C(=O)N1CCCC1c1ncc(-c2ccc(-c3ccc4cc(-c5cnc(C6CCCN6C(=O)C(NC(=O)OC)C(C)C)[nH]5)ccc4c3)c(C)c2)[nH]1)C(C)C. The Kier molecular flexibility index (Phi) is 12.1. The minimum absolute atomic E-state index is 0.106. The molecule has 2 aromatic heterocycles. The van der Waals surface area contributed by atoms with Gasteiger partial charge in [0.15, 0.2) is 0 Å². The number of benzene rings is 3. The number of likely N-dealkylation sites (tertiary alicyclic amines) is 2. The fourth-order valence-corrected chi connectivity index (χ4v) is 8.43. The van der Waals surface area contributed by atoms with Crippen LogP contribution in [0.1, 0.15) is 82.7 Å². The summed E-state index contributed by atoms with van der Waals surface area (Å²) in [5.74, 6) is 0.973. The van der Waals surface area contributed by atoms with Crippen LogP contribution in [0.5, 0.6) is 0 Å². The van der Waals surface area contributed by atoms with E-state index >= 15 is 0 Å². The highest BCUT2D eigenvalue weighted by Gasteiger charge is 2.39. The third kappa shape index (κ3) is 8.53. The molecule has 0 spiro atoms. The Labute approximate surface area is 344 Å². The van der Waals surface area contributed by atoms with Gasteiger partial charge in [-0.15, -0.1) is 0 Å². The van der Waals surface area contributed by atoms with E-state index in [9.17, 15) is 19.2 Å². The Morgan fingerprint density at radius 3 is 1.56 bits per heavy atom. The molecule has 14 nitrogen and oxygen atoms in total. The molecule has 0 saturated carbocycles. The van der Waals surface area contributed by atoms with Gasteiger partial charge in [-0.2, -0.15) is 0 Å². The molecule has 4 atom stereocenters. The first-order valence-electron chi connectivity index (χ1n) is 20.4. The van der Waals surface area contributed by atoms with Crippen molar-refractivity contribution in [1.82, 2.24) is 40.4 Å². The average molecular weight is 803 g/mol. The maximum absolute atomic E-state index is 13.6. The highest BCUT2D eigenvalue weighted by molar-refractivity contribution is 5.91. The summed E-state index contributed by atoms with van der Waals surface area (Å²) in [6.07, 6.45) is 5.66. The second kappa shape index (κ2) is 17.4. The number of methoxy groups -OCH3 is 2. The maximum atomic E-state index is 13.6. The van der Waals surface area contributed by atoms with Crippen molar-refractivity contribution in [1.29, 1.82) is 0 Å². The number of carbonyl (C=O) groups excluding carboxylic acids is 4. The number of ether oxygens (including phenoxy) is 2. The molecule has 2 aliphatic heterocycles. The van der Waals surface area contributed by atoms with Crippen molar-refractivity contribution in [2.45, 2.75) is 84.5 Å². The number of nitrogens with zero attached hydrogens (tertiary/aromatic N) is 4. The number of aryl methyl sites for hydroxylation is 1. The molecule has 5 aromatic rings. The normalized spacial score (nSPS) is 17.7. The van der Waals surface area contributed by atoms with Crippen molar-refractivity contribution in [3.05, 3.63) is 84.2 Å². The Hall–Kier alpha value is -6.18. The summed E-state index contributed by atoms with van der Waals surface area (Å²) in [5.41, 5.74) is 7.09. The molecule has 310 valence electrons. The van der Waals surface area contributed by atoms with Crippen LogP contribution in [0.3, 0.4) is 0 Å². The molecule has 0 bridgehead atoms. The molecule has 2 saturated heterocycles. The number of imidazole rings is 2. The Morgan fingerprint density at radius 2 is 1.10 bits per heavy atom. The third-order valence-electron chi connectivity index (χ3n) is 11.7. The molecule has 4 heterocycles. The highest BCUT2D eigenvalue weighted by atomic mass is 16.5. The highest BCUT2D eigenvalue weighted by Crippen LogP contribution is 2.36. The smallest absolute Gasteiger partial charge is 0.407 e. The predicted molar refractivity (Wildman–Crippen MR) is 225 cm³/mol. The van der Waals surface area contributed by atoms with Crippen LogP contribution in [0.25, 0.3) is 44.4 Å². The molecule has 4 N–H and O–H groups in total. The van der Waals surface area contributed by atoms with Crippen LogP contribution < -0.4 is 10.6 Å². The summed E-state index contributed by atoms with van der Waals surface area (Å²) in [6, 6.07) is 17.4. The van der Waals surface area contributed by atoms with Gasteiger partial charge < -0.3 is 39.9 Å². The van der Waals surface area contributed by atoms with E-state index in [0.717, 1.165) is 87.3 Å². The predicted octanol–water partition coefficient (Wildman–Crippen LogP) is 7.68. The van der Waals surface area contributed by atoms with E-state index in [1.807, 2.05) is 49.9 Å². The standard InChI is InChI=1S/C45H54N8O6/c1-25(2)38(50-44(56)58-6)42(54)52-18-8-10-36(52)40-46-23-34(48-40)31-16-17-33(27(5)20-31)30-14-12-29-22-32(15-13-28(29)21-30)35-24-47-41(49-35)37-11-9-19-53(37)43(55)39(26(3)4)51-45(57)59-7/h12-17,20-26,36-39H,8-11,18-19H2,1-7H3,(H,46,48)(H,47,49)(H,50,56)(H,51,57). The van der Waals surface area contributed by atoms with E-state index in [4.69, 9.17) is 19.4 Å². The van der Waals surface area contributed by atoms with Crippen molar-refractivity contribution in [3.63, 3.8) is 0 Å². The minimum Gasteiger partial charge on any atom is -0.453 e. The number of aromatic nitrogens is 4. The Balaban J connectivity index is 1.05. The zero-order valence-corrected chi connectivity index (χ0v) is 34.8. The largest absolute Gasteiger partial charge is 0.453 e. The van der Waals surface area contributed by atoms with E-state index in [1.165, 1.54) is 14.2 Å². The lowest BCUT2D eigenvalue weighted by Crippen LogP contribution is -2.51. The van der Waals surface area contributed by atoms with Gasteiger partial charge in [0.1, 0.15) is 23.7 Å². The van der Waals surface area contributed by atoms with Crippen molar-refractivity contribution in [3.8, 4) is 33.6 Å². The van der Waals surface area contributed by atoms with Crippen LogP contribution >= 0.6 is 0 Å². The van der Waals surface area contributed by atoms with Gasteiger partial charge in [-0.3, -0.25) is 9.59 Å². The summed E-state index contributed by atoms with van der Waals surface area (Å²) in [4.78, 5) is 71.2. The summed E-state index contributed by atoms with van der Waals surface area (Å²) in [7, 11) is 2.59. The quantitative estimate of drug-likeness (QED) is 0.105. The van der Waals surface area contributed by atoms with Crippen LogP contribution in [0.4, 0.5) is 9.59 Å². The molecular weight excluding hydrogens is 749 g/mol. The van der Waals surface area contributed by atoms with Gasteiger partial charge in [-0.25, -0.2) is 19.6 Å². The number of aromatic amines is 2. The summed E-state index contributed by atoms with van der Waals surface area (Å²) in [6.45, 7) is 10.9. The molecular formula is C45H54N8O6. The van der Waals surface area contributed by atoms with E-state index in [-0.39, 0.29) is 35.7 Å². The van der Waals surface area contributed by atoms with Gasteiger partial charge in [0.25, 0.3) is 0 Å².